The topological polar surface area (TPSA) is 65.0 Å². The number of rotatable bonds is 5. The second-order valence-corrected chi connectivity index (χ2v) is 15.4. The average Bonchev–Trinajstić information content (AvgIpc) is 3.97. The molecule has 5 nitrogen and oxygen atoms in total. The molecule has 0 saturated carbocycles. The summed E-state index contributed by atoms with van der Waals surface area (Å²) in [6.45, 7) is 0. The molecule has 6 heteroatoms. The number of thiophene rings is 1. The van der Waals surface area contributed by atoms with Crippen LogP contribution in [0.5, 0.6) is 0 Å². The van der Waals surface area contributed by atoms with Crippen LogP contribution in [0.3, 0.4) is 0 Å². The largest absolute Gasteiger partial charge is 0.456 e. The number of nitrogens with zero attached hydrogens (tertiary/aromatic N) is 3. The predicted octanol–water partition coefficient (Wildman–Crippen LogP) is 14.4. The fourth-order valence-corrected chi connectivity index (χ4v) is 9.47. The van der Waals surface area contributed by atoms with Crippen molar-refractivity contribution in [2.75, 3.05) is 0 Å². The van der Waals surface area contributed by atoms with E-state index in [1.807, 2.05) is 36.4 Å². The molecule has 0 N–H and O–H groups in total. The first-order valence-electron chi connectivity index (χ1n) is 18.9. The summed E-state index contributed by atoms with van der Waals surface area (Å²) in [4.78, 5) is 16.0. The third-order valence-corrected chi connectivity index (χ3v) is 12.1. The SMILES string of the molecule is c1ccc(-c2ccc(-c3nc(-c4ccc5c(c4)sc4ccccc45)nc(-c4c(-c5cccc6oc7ccccc7c56)ccc5oc6ccccc6c45)n3)cc2)cc1. The summed E-state index contributed by atoms with van der Waals surface area (Å²) < 4.78 is 15.4. The van der Waals surface area contributed by atoms with Crippen LogP contribution in [0.25, 0.3) is 120 Å². The lowest BCUT2D eigenvalue weighted by Crippen LogP contribution is -2.01. The van der Waals surface area contributed by atoms with Gasteiger partial charge in [0.05, 0.1) is 0 Å². The quantitative estimate of drug-likeness (QED) is 0.175. The Bertz CT molecular complexity index is 3530. The molecule has 4 heterocycles. The maximum atomic E-state index is 6.52. The van der Waals surface area contributed by atoms with Crippen LogP contribution in [-0.4, -0.2) is 15.0 Å². The maximum Gasteiger partial charge on any atom is 0.165 e. The van der Waals surface area contributed by atoms with Crippen LogP contribution >= 0.6 is 11.3 Å². The minimum absolute atomic E-state index is 0.565. The summed E-state index contributed by atoms with van der Waals surface area (Å²) in [7, 11) is 0. The van der Waals surface area contributed by atoms with Crippen LogP contribution < -0.4 is 0 Å². The lowest BCUT2D eigenvalue weighted by atomic mass is 9.92. The van der Waals surface area contributed by atoms with E-state index in [-0.39, 0.29) is 0 Å². The minimum Gasteiger partial charge on any atom is -0.456 e. The highest BCUT2D eigenvalue weighted by Gasteiger charge is 2.24. The van der Waals surface area contributed by atoms with Gasteiger partial charge in [-0.05, 0) is 64.7 Å². The summed E-state index contributed by atoms with van der Waals surface area (Å²) >= 11 is 1.79. The number of hydrogen-bond acceptors (Lipinski definition) is 6. The van der Waals surface area contributed by atoms with Crippen LogP contribution in [0, 0.1) is 0 Å². The maximum absolute atomic E-state index is 6.52. The normalized spacial score (nSPS) is 11.9. The molecule has 0 atom stereocenters. The van der Waals surface area contributed by atoms with Crippen molar-refractivity contribution in [1.29, 1.82) is 0 Å². The monoisotopic (exact) mass is 747 g/mol. The van der Waals surface area contributed by atoms with Gasteiger partial charge in [0.1, 0.15) is 22.3 Å². The molecular formula is C51H29N3O2S. The number of aromatic nitrogens is 3. The second-order valence-electron chi connectivity index (χ2n) is 14.3. The zero-order valence-electron chi connectivity index (χ0n) is 30.3. The lowest BCUT2D eigenvalue weighted by Gasteiger charge is -2.14. The number of fused-ring (bicyclic) bond motifs is 9. The summed E-state index contributed by atoms with van der Waals surface area (Å²) in [6.07, 6.45) is 0. The molecule has 0 spiro atoms. The fraction of sp³-hybridized carbons (Fsp3) is 0. The molecule has 57 heavy (non-hydrogen) atoms. The third kappa shape index (κ3) is 5.12. The molecule has 0 saturated heterocycles. The molecule has 8 aromatic carbocycles. The molecule has 12 aromatic rings. The summed E-state index contributed by atoms with van der Waals surface area (Å²) in [5.74, 6) is 1.76. The molecule has 0 aliphatic rings. The van der Waals surface area contributed by atoms with Gasteiger partial charge in [-0.3, -0.25) is 0 Å². The lowest BCUT2D eigenvalue weighted by molar-refractivity contribution is 0.669. The second kappa shape index (κ2) is 12.6. The Morgan fingerprint density at radius 2 is 0.895 bits per heavy atom. The molecule has 0 radical (unpaired) electrons. The van der Waals surface area contributed by atoms with E-state index in [0.717, 1.165) is 82.8 Å². The van der Waals surface area contributed by atoms with Gasteiger partial charge in [-0.25, -0.2) is 15.0 Å². The molecule has 266 valence electrons. The van der Waals surface area contributed by atoms with Crippen LogP contribution in [0.2, 0.25) is 0 Å². The Hall–Kier alpha value is -7.41. The van der Waals surface area contributed by atoms with Gasteiger partial charge in [0.15, 0.2) is 17.5 Å². The van der Waals surface area contributed by atoms with E-state index in [4.69, 9.17) is 23.8 Å². The van der Waals surface area contributed by atoms with E-state index in [1.165, 1.54) is 20.2 Å². The first-order chi connectivity index (χ1) is 28.2. The van der Waals surface area contributed by atoms with Crippen LogP contribution in [0.15, 0.2) is 185 Å². The highest BCUT2D eigenvalue weighted by atomic mass is 32.1. The van der Waals surface area contributed by atoms with Crippen molar-refractivity contribution < 1.29 is 8.83 Å². The van der Waals surface area contributed by atoms with Gasteiger partial charge in [0, 0.05) is 58.4 Å². The molecule has 0 aliphatic carbocycles. The molecule has 4 aromatic heterocycles. The molecule has 0 amide bonds. The number of benzene rings is 8. The van der Waals surface area contributed by atoms with Gasteiger partial charge in [-0.2, -0.15) is 0 Å². The van der Waals surface area contributed by atoms with Crippen molar-refractivity contribution in [2.45, 2.75) is 0 Å². The predicted molar refractivity (Wildman–Crippen MR) is 234 cm³/mol. The van der Waals surface area contributed by atoms with E-state index in [0.29, 0.717) is 17.5 Å². The van der Waals surface area contributed by atoms with E-state index in [2.05, 4.69) is 140 Å². The van der Waals surface area contributed by atoms with E-state index >= 15 is 0 Å². The average molecular weight is 748 g/mol. The van der Waals surface area contributed by atoms with Gasteiger partial charge in [-0.1, -0.05) is 133 Å². The molecule has 12 rings (SSSR count). The Morgan fingerprint density at radius 3 is 1.68 bits per heavy atom. The number of furan rings is 2. The van der Waals surface area contributed by atoms with Gasteiger partial charge in [0.2, 0.25) is 0 Å². The van der Waals surface area contributed by atoms with Crippen LogP contribution in [-0.2, 0) is 0 Å². The number of hydrogen-bond donors (Lipinski definition) is 0. The Kier molecular flexibility index (Phi) is 7.03. The molecular weight excluding hydrogens is 719 g/mol. The Morgan fingerprint density at radius 1 is 0.333 bits per heavy atom. The zero-order chi connectivity index (χ0) is 37.5. The van der Waals surface area contributed by atoms with Crippen molar-refractivity contribution in [3.8, 4) is 56.4 Å². The van der Waals surface area contributed by atoms with Gasteiger partial charge in [0.25, 0.3) is 0 Å². The Labute approximate surface area is 330 Å². The van der Waals surface area contributed by atoms with Crippen LogP contribution in [0.1, 0.15) is 0 Å². The fourth-order valence-electron chi connectivity index (χ4n) is 8.33. The highest BCUT2D eigenvalue weighted by molar-refractivity contribution is 7.25. The molecule has 0 bridgehead atoms. The Balaban J connectivity index is 1.15. The first kappa shape index (κ1) is 31.9. The van der Waals surface area contributed by atoms with Gasteiger partial charge in [-0.15, -0.1) is 11.3 Å². The molecule has 0 fully saturated rings. The van der Waals surface area contributed by atoms with Crippen molar-refractivity contribution in [3.63, 3.8) is 0 Å². The summed E-state index contributed by atoms with van der Waals surface area (Å²) in [6, 6.07) is 60.9. The van der Waals surface area contributed by atoms with Crippen molar-refractivity contribution in [3.05, 3.63) is 176 Å². The zero-order valence-corrected chi connectivity index (χ0v) is 31.1. The van der Waals surface area contributed by atoms with E-state index < -0.39 is 0 Å². The highest BCUT2D eigenvalue weighted by Crippen LogP contribution is 2.46. The minimum atomic E-state index is 0.565. The first-order valence-corrected chi connectivity index (χ1v) is 19.7. The molecule has 0 aliphatic heterocycles. The summed E-state index contributed by atoms with van der Waals surface area (Å²) in [5.41, 5.74) is 10.2. The van der Waals surface area contributed by atoms with Gasteiger partial charge < -0.3 is 8.83 Å². The standard InChI is InChI=1S/C51H29N3O2S/c1-2-11-30(12-3-1)31-21-23-32(24-22-31)49-52-50(33-25-26-35-34-13-6-9-20-44(34)57-45(35)29-33)54-51(53-49)48-37(27-28-43-47(48)39-15-5-8-18-41(39)56-43)36-16-10-19-42-46(36)38-14-4-7-17-40(38)55-42/h1-29H. The van der Waals surface area contributed by atoms with Crippen molar-refractivity contribution in [2.24, 2.45) is 0 Å². The van der Waals surface area contributed by atoms with Crippen molar-refractivity contribution in [1.82, 2.24) is 15.0 Å². The number of para-hydroxylation sites is 2. The van der Waals surface area contributed by atoms with Crippen molar-refractivity contribution >= 4 is 75.4 Å². The third-order valence-electron chi connectivity index (χ3n) is 11.0. The van der Waals surface area contributed by atoms with E-state index in [1.54, 1.807) is 11.3 Å². The smallest absolute Gasteiger partial charge is 0.165 e. The van der Waals surface area contributed by atoms with Crippen LogP contribution in [0.4, 0.5) is 0 Å². The summed E-state index contributed by atoms with van der Waals surface area (Å²) in [5, 5.41) is 6.53. The van der Waals surface area contributed by atoms with Gasteiger partial charge >= 0.3 is 0 Å². The molecule has 0 unspecified atom stereocenters. The van der Waals surface area contributed by atoms with E-state index in [9.17, 15) is 0 Å².